The van der Waals surface area contributed by atoms with Gasteiger partial charge in [-0.25, -0.2) is 9.97 Å². The molecule has 1 atom stereocenters. The second-order valence-electron chi connectivity index (χ2n) is 4.06. The largest absolute Gasteiger partial charge is 0.381 e. The number of ether oxygens (including phenoxy) is 2. The Balaban J connectivity index is 2.16. The zero-order valence-corrected chi connectivity index (χ0v) is 12.5. The fourth-order valence-electron chi connectivity index (χ4n) is 1.84. The molecule has 0 N–H and O–H groups in total. The van der Waals surface area contributed by atoms with Gasteiger partial charge in [0, 0.05) is 26.7 Å². The molecule has 2 rings (SSSR count). The lowest BCUT2D eigenvalue weighted by Gasteiger charge is -2.10. The third-order valence-corrected chi connectivity index (χ3v) is 4.43. The number of nitrogens with zero attached hydrogens (tertiary/aromatic N) is 2. The van der Waals surface area contributed by atoms with Crippen molar-refractivity contribution >= 4 is 34.2 Å². The van der Waals surface area contributed by atoms with Crippen LogP contribution in [0.4, 0.5) is 0 Å². The zero-order valence-electron chi connectivity index (χ0n) is 9.58. The Hall–Kier alpha value is 0.0200. The molecule has 0 aromatic carbocycles. The summed E-state index contributed by atoms with van der Waals surface area (Å²) in [5.74, 6) is 1.31. The molecule has 94 valence electrons. The predicted molar refractivity (Wildman–Crippen MR) is 73.1 cm³/mol. The van der Waals surface area contributed by atoms with Crippen LogP contribution < -0.4 is 0 Å². The number of aromatic nitrogens is 2. The van der Waals surface area contributed by atoms with E-state index >= 15 is 0 Å². The Morgan fingerprint density at radius 3 is 3.00 bits per heavy atom. The summed E-state index contributed by atoms with van der Waals surface area (Å²) >= 11 is 8.24. The Kier molecular flexibility index (Phi) is 4.96. The van der Waals surface area contributed by atoms with E-state index in [4.69, 9.17) is 21.1 Å². The normalized spacial score (nSPS) is 19.8. The number of halogens is 2. The average Bonchev–Trinajstić information content (AvgIpc) is 2.78. The van der Waals surface area contributed by atoms with Crippen molar-refractivity contribution in [2.45, 2.75) is 19.4 Å². The molecule has 0 bridgehead atoms. The van der Waals surface area contributed by atoms with Crippen LogP contribution >= 0.6 is 34.2 Å². The molecule has 0 radical (unpaired) electrons. The Bertz CT molecular complexity index is 397. The summed E-state index contributed by atoms with van der Waals surface area (Å²) in [6.45, 7) is 2.11. The van der Waals surface area contributed by atoms with Gasteiger partial charge in [0.1, 0.15) is 11.0 Å². The van der Waals surface area contributed by atoms with Crippen molar-refractivity contribution < 1.29 is 9.47 Å². The fraction of sp³-hybridized carbons (Fsp3) is 0.636. The molecule has 0 spiro atoms. The first-order valence-corrected chi connectivity index (χ1v) is 6.94. The fourth-order valence-corrected chi connectivity index (χ4v) is 2.44. The minimum atomic E-state index is 0.467. The first-order valence-electron chi connectivity index (χ1n) is 5.48. The Morgan fingerprint density at radius 1 is 1.53 bits per heavy atom. The molecule has 2 heterocycles. The molecule has 1 aromatic rings. The summed E-state index contributed by atoms with van der Waals surface area (Å²) < 4.78 is 11.3. The lowest BCUT2D eigenvalue weighted by molar-refractivity contribution is 0.179. The van der Waals surface area contributed by atoms with Crippen molar-refractivity contribution in [3.8, 4) is 0 Å². The Morgan fingerprint density at radius 2 is 2.35 bits per heavy atom. The quantitative estimate of drug-likeness (QED) is 0.605. The molecular formula is C11H14ClIN2O2. The molecule has 0 amide bonds. The molecule has 1 saturated heterocycles. The Labute approximate surface area is 119 Å². The molecule has 1 aliphatic rings. The van der Waals surface area contributed by atoms with Gasteiger partial charge in [-0.15, -0.1) is 0 Å². The van der Waals surface area contributed by atoms with Gasteiger partial charge in [0.25, 0.3) is 0 Å². The summed E-state index contributed by atoms with van der Waals surface area (Å²) in [6.07, 6.45) is 1.90. The van der Waals surface area contributed by atoms with Crippen LogP contribution in [-0.2, 0) is 22.5 Å². The van der Waals surface area contributed by atoms with Gasteiger partial charge in [0.15, 0.2) is 0 Å². The average molecular weight is 369 g/mol. The van der Waals surface area contributed by atoms with Crippen LogP contribution in [0, 0.1) is 9.49 Å². The van der Waals surface area contributed by atoms with Crippen molar-refractivity contribution in [1.82, 2.24) is 9.97 Å². The van der Waals surface area contributed by atoms with E-state index in [2.05, 4.69) is 32.6 Å². The number of hydrogen-bond acceptors (Lipinski definition) is 4. The van der Waals surface area contributed by atoms with E-state index in [0.717, 1.165) is 41.1 Å². The van der Waals surface area contributed by atoms with E-state index in [9.17, 15) is 0 Å². The van der Waals surface area contributed by atoms with Gasteiger partial charge >= 0.3 is 0 Å². The molecule has 1 aliphatic heterocycles. The van der Waals surface area contributed by atoms with E-state index in [0.29, 0.717) is 17.7 Å². The topological polar surface area (TPSA) is 44.2 Å². The van der Waals surface area contributed by atoms with E-state index in [1.807, 2.05) is 0 Å². The highest BCUT2D eigenvalue weighted by atomic mass is 127. The maximum absolute atomic E-state index is 6.09. The monoisotopic (exact) mass is 368 g/mol. The SMILES string of the molecule is COCc1nc(CC2CCOC2)nc(Cl)c1I. The van der Waals surface area contributed by atoms with E-state index in [1.54, 1.807) is 7.11 Å². The molecule has 1 aromatic heterocycles. The second kappa shape index (κ2) is 6.26. The van der Waals surface area contributed by atoms with Crippen molar-refractivity contribution in [3.63, 3.8) is 0 Å². The number of hydrogen-bond donors (Lipinski definition) is 0. The van der Waals surface area contributed by atoms with Gasteiger partial charge in [0.05, 0.1) is 15.9 Å². The lowest BCUT2D eigenvalue weighted by Crippen LogP contribution is -2.10. The van der Waals surface area contributed by atoms with Gasteiger partial charge in [-0.3, -0.25) is 0 Å². The minimum Gasteiger partial charge on any atom is -0.381 e. The highest BCUT2D eigenvalue weighted by molar-refractivity contribution is 14.1. The molecule has 17 heavy (non-hydrogen) atoms. The third kappa shape index (κ3) is 3.49. The van der Waals surface area contributed by atoms with Crippen molar-refractivity contribution in [1.29, 1.82) is 0 Å². The highest BCUT2D eigenvalue weighted by Gasteiger charge is 2.19. The predicted octanol–water partition coefficient (Wildman–Crippen LogP) is 2.46. The molecule has 4 nitrogen and oxygen atoms in total. The summed E-state index contributed by atoms with van der Waals surface area (Å²) in [6, 6.07) is 0. The lowest BCUT2D eigenvalue weighted by atomic mass is 10.0. The van der Waals surface area contributed by atoms with Crippen molar-refractivity contribution in [2.24, 2.45) is 5.92 Å². The zero-order chi connectivity index (χ0) is 12.3. The van der Waals surface area contributed by atoms with Gasteiger partial charge in [-0.1, -0.05) is 11.6 Å². The maximum atomic E-state index is 6.09. The van der Waals surface area contributed by atoms with Crippen molar-refractivity contribution in [2.75, 3.05) is 20.3 Å². The van der Waals surface area contributed by atoms with Gasteiger partial charge < -0.3 is 9.47 Å². The van der Waals surface area contributed by atoms with Crippen molar-refractivity contribution in [3.05, 3.63) is 20.2 Å². The first kappa shape index (κ1) is 13.5. The number of methoxy groups -OCH3 is 1. The van der Waals surface area contributed by atoms with Crippen LogP contribution in [0.5, 0.6) is 0 Å². The van der Waals surface area contributed by atoms with Crippen LogP contribution in [0.2, 0.25) is 5.15 Å². The third-order valence-electron chi connectivity index (χ3n) is 2.70. The van der Waals surface area contributed by atoms with E-state index in [1.165, 1.54) is 0 Å². The molecule has 1 fully saturated rings. The molecular weight excluding hydrogens is 354 g/mol. The van der Waals surface area contributed by atoms with E-state index in [-0.39, 0.29) is 0 Å². The van der Waals surface area contributed by atoms with Crippen LogP contribution in [0.1, 0.15) is 17.9 Å². The molecule has 0 aliphatic carbocycles. The standard InChI is InChI=1S/C11H14ClIN2O2/c1-16-6-8-10(13)11(12)15-9(14-8)4-7-2-3-17-5-7/h7H,2-6H2,1H3. The first-order chi connectivity index (χ1) is 8.20. The maximum Gasteiger partial charge on any atom is 0.146 e. The summed E-state index contributed by atoms with van der Waals surface area (Å²) in [5.41, 5.74) is 0.863. The van der Waals surface area contributed by atoms with Crippen LogP contribution in [0.25, 0.3) is 0 Å². The summed E-state index contributed by atoms with van der Waals surface area (Å²) in [4.78, 5) is 8.82. The molecule has 1 unspecified atom stereocenters. The van der Waals surface area contributed by atoms with Gasteiger partial charge in [-0.2, -0.15) is 0 Å². The summed E-state index contributed by atoms with van der Waals surface area (Å²) in [7, 11) is 1.65. The van der Waals surface area contributed by atoms with Gasteiger partial charge in [0.2, 0.25) is 0 Å². The second-order valence-corrected chi connectivity index (χ2v) is 5.49. The summed E-state index contributed by atoms with van der Waals surface area (Å²) in [5, 5.41) is 0.515. The minimum absolute atomic E-state index is 0.467. The highest BCUT2D eigenvalue weighted by Crippen LogP contribution is 2.22. The van der Waals surface area contributed by atoms with Crippen LogP contribution in [0.15, 0.2) is 0 Å². The van der Waals surface area contributed by atoms with Crippen LogP contribution in [-0.4, -0.2) is 30.3 Å². The van der Waals surface area contributed by atoms with Crippen LogP contribution in [0.3, 0.4) is 0 Å². The number of rotatable bonds is 4. The van der Waals surface area contributed by atoms with Gasteiger partial charge in [-0.05, 0) is 34.9 Å². The molecule has 0 saturated carbocycles. The van der Waals surface area contributed by atoms with E-state index < -0.39 is 0 Å². The smallest absolute Gasteiger partial charge is 0.146 e. The molecule has 6 heteroatoms.